The van der Waals surface area contributed by atoms with Gasteiger partial charge in [-0.3, -0.25) is 4.90 Å². The van der Waals surface area contributed by atoms with Crippen LogP contribution in [-0.2, 0) is 21.9 Å². The van der Waals surface area contributed by atoms with E-state index in [-0.39, 0.29) is 15.3 Å². The molecule has 0 saturated carbocycles. The zero-order valence-electron chi connectivity index (χ0n) is 24.4. The van der Waals surface area contributed by atoms with Crippen molar-refractivity contribution in [3.05, 3.63) is 94.8 Å². The molecule has 8 heteroatoms. The van der Waals surface area contributed by atoms with E-state index in [1.54, 1.807) is 35.6 Å². The molecule has 0 amide bonds. The van der Waals surface area contributed by atoms with Gasteiger partial charge in [0.1, 0.15) is 10.7 Å². The molecule has 2 aliphatic heterocycles. The van der Waals surface area contributed by atoms with Gasteiger partial charge < -0.3 is 4.57 Å². The summed E-state index contributed by atoms with van der Waals surface area (Å²) in [7, 11) is -2.01. The number of para-hydroxylation sites is 2. The fraction of sp³-hybridized carbons (Fsp3) is 0.441. The van der Waals surface area contributed by atoms with Crippen molar-refractivity contribution >= 4 is 32.7 Å². The fourth-order valence-corrected chi connectivity index (χ4v) is 10.1. The quantitative estimate of drug-likeness (QED) is 0.224. The van der Waals surface area contributed by atoms with Crippen molar-refractivity contribution in [1.82, 2.24) is 18.8 Å². The smallest absolute Gasteiger partial charge is 0.244 e. The molecule has 2 fully saturated rings. The molecule has 3 aliphatic rings. The summed E-state index contributed by atoms with van der Waals surface area (Å²) in [5.41, 5.74) is 4.77. The topological polar surface area (TPSA) is 58.4 Å². The molecule has 0 radical (unpaired) electrons. The van der Waals surface area contributed by atoms with Crippen LogP contribution < -0.4 is 0 Å². The van der Waals surface area contributed by atoms with Crippen molar-refractivity contribution in [3.63, 3.8) is 0 Å². The van der Waals surface area contributed by atoms with Gasteiger partial charge in [-0.15, -0.1) is 0 Å². The number of nitrogens with zero attached hydrogens (tertiary/aromatic N) is 4. The van der Waals surface area contributed by atoms with Gasteiger partial charge in [-0.2, -0.15) is 4.31 Å². The van der Waals surface area contributed by atoms with Gasteiger partial charge >= 0.3 is 0 Å². The highest BCUT2D eigenvalue weighted by Crippen LogP contribution is 2.46. The number of piperidine rings is 1. The van der Waals surface area contributed by atoms with E-state index in [1.807, 2.05) is 0 Å². The van der Waals surface area contributed by atoms with Crippen LogP contribution in [0.15, 0.2) is 77.7 Å². The summed E-state index contributed by atoms with van der Waals surface area (Å²) in [5, 5.41) is 0.269. The number of rotatable bonds is 8. The predicted molar refractivity (Wildman–Crippen MR) is 169 cm³/mol. The van der Waals surface area contributed by atoms with Gasteiger partial charge in [-0.25, -0.2) is 13.4 Å². The summed E-state index contributed by atoms with van der Waals surface area (Å²) >= 11 is 6.36. The molecule has 2 bridgehead atoms. The standard InChI is InChI=1S/C34H39ClN4O2S/c1-24-36-31-12-6-7-13-32(31)39(24)28-21-26-15-16-27(22-28)38(26)20-19-34(18-17-25-9-3-4-10-29(25)34)23-37(2)42(40,41)33-14-8-5-11-30(33)35/h3-14,26-28H,15-23H2,1-2H3/t26-,27-,34-/m0/s1. The first-order valence-electron chi connectivity index (χ1n) is 15.3. The maximum atomic E-state index is 13.7. The molecule has 3 heterocycles. The molecule has 3 atom stereocenters. The van der Waals surface area contributed by atoms with E-state index in [2.05, 4.69) is 64.9 Å². The summed E-state index contributed by atoms with van der Waals surface area (Å²) in [6, 6.07) is 25.5. The van der Waals surface area contributed by atoms with Crippen LogP contribution in [-0.4, -0.2) is 59.4 Å². The van der Waals surface area contributed by atoms with E-state index in [4.69, 9.17) is 16.6 Å². The number of hydrogen-bond donors (Lipinski definition) is 0. The number of halogens is 1. The SMILES string of the molecule is Cc1nc2ccccc2n1C1C[C@@H]2CC[C@@H](C1)N2CC[C@]1(CN(C)S(=O)(=O)c2ccccc2Cl)CCc2ccccc21. The number of hydrogen-bond acceptors (Lipinski definition) is 4. The molecular formula is C34H39ClN4O2S. The zero-order chi connectivity index (χ0) is 29.1. The van der Waals surface area contributed by atoms with Gasteiger partial charge in [-0.1, -0.05) is 60.1 Å². The first kappa shape index (κ1) is 28.1. The minimum absolute atomic E-state index is 0.179. The van der Waals surface area contributed by atoms with Crippen LogP contribution in [0.2, 0.25) is 5.02 Å². The Morgan fingerprint density at radius 3 is 2.43 bits per heavy atom. The molecule has 4 aromatic rings. The lowest BCUT2D eigenvalue weighted by atomic mass is 9.78. The summed E-state index contributed by atoms with van der Waals surface area (Å²) < 4.78 is 31.4. The fourth-order valence-electron chi connectivity index (χ4n) is 8.39. The Balaban J connectivity index is 1.13. The summed E-state index contributed by atoms with van der Waals surface area (Å²) in [4.78, 5) is 7.80. The molecule has 2 saturated heterocycles. The highest BCUT2D eigenvalue weighted by atomic mass is 35.5. The van der Waals surface area contributed by atoms with Crippen LogP contribution in [0.3, 0.4) is 0 Å². The lowest BCUT2D eigenvalue weighted by molar-refractivity contribution is 0.0949. The highest BCUT2D eigenvalue weighted by Gasteiger charge is 2.46. The van der Waals surface area contributed by atoms with E-state index in [0.717, 1.165) is 50.0 Å². The number of fused-ring (bicyclic) bond motifs is 4. The van der Waals surface area contributed by atoms with Gasteiger partial charge in [-0.05, 0) is 93.8 Å². The molecule has 3 aromatic carbocycles. The lowest BCUT2D eigenvalue weighted by Crippen LogP contribution is -2.47. The number of benzene rings is 3. The number of aryl methyl sites for hydroxylation is 2. The first-order valence-corrected chi connectivity index (χ1v) is 17.1. The Morgan fingerprint density at radius 1 is 0.952 bits per heavy atom. The number of sulfonamides is 1. The van der Waals surface area contributed by atoms with Gasteiger partial charge in [0.2, 0.25) is 10.0 Å². The molecule has 1 aliphatic carbocycles. The van der Waals surface area contributed by atoms with Crippen LogP contribution in [0.25, 0.3) is 11.0 Å². The van der Waals surface area contributed by atoms with E-state index in [9.17, 15) is 8.42 Å². The van der Waals surface area contributed by atoms with Gasteiger partial charge in [0.15, 0.2) is 0 Å². The molecule has 220 valence electrons. The zero-order valence-corrected chi connectivity index (χ0v) is 26.0. The van der Waals surface area contributed by atoms with Crippen molar-refractivity contribution in [3.8, 4) is 0 Å². The Kier molecular flexibility index (Phi) is 7.21. The van der Waals surface area contributed by atoms with Crippen molar-refractivity contribution < 1.29 is 8.42 Å². The minimum Gasteiger partial charge on any atom is -0.325 e. The average molecular weight is 603 g/mol. The second kappa shape index (κ2) is 10.8. The Hall–Kier alpha value is -2.71. The van der Waals surface area contributed by atoms with Crippen molar-refractivity contribution in [2.24, 2.45) is 0 Å². The Labute approximate surface area is 254 Å². The molecule has 1 aromatic heterocycles. The number of aromatic nitrogens is 2. The number of imidazole rings is 1. The van der Waals surface area contributed by atoms with Gasteiger partial charge in [0.05, 0.1) is 16.1 Å². The summed E-state index contributed by atoms with van der Waals surface area (Å²) in [6.45, 7) is 3.58. The monoisotopic (exact) mass is 602 g/mol. The molecule has 42 heavy (non-hydrogen) atoms. The lowest BCUT2D eigenvalue weighted by Gasteiger charge is -2.42. The van der Waals surface area contributed by atoms with Crippen LogP contribution in [0, 0.1) is 6.92 Å². The van der Waals surface area contributed by atoms with Crippen LogP contribution in [0.5, 0.6) is 0 Å². The van der Waals surface area contributed by atoms with Crippen molar-refractivity contribution in [2.45, 2.75) is 80.3 Å². The third-order valence-corrected chi connectivity index (χ3v) is 12.7. The Bertz CT molecular complexity index is 1720. The van der Waals surface area contributed by atoms with Crippen molar-refractivity contribution in [2.75, 3.05) is 20.1 Å². The maximum absolute atomic E-state index is 13.7. The summed E-state index contributed by atoms with van der Waals surface area (Å²) in [6.07, 6.45) is 7.63. The number of likely N-dealkylation sites (N-methyl/N-ethyl adjacent to an activating group) is 1. The Morgan fingerprint density at radius 2 is 1.64 bits per heavy atom. The first-order chi connectivity index (χ1) is 20.3. The second-order valence-electron chi connectivity index (χ2n) is 12.6. The van der Waals surface area contributed by atoms with Crippen LogP contribution in [0.4, 0.5) is 0 Å². The van der Waals surface area contributed by atoms with E-state index in [1.165, 1.54) is 29.5 Å². The minimum atomic E-state index is -3.73. The van der Waals surface area contributed by atoms with Crippen LogP contribution in [0.1, 0.15) is 61.5 Å². The molecule has 0 N–H and O–H groups in total. The molecule has 0 unspecified atom stereocenters. The maximum Gasteiger partial charge on any atom is 0.244 e. The van der Waals surface area contributed by atoms with Crippen molar-refractivity contribution in [1.29, 1.82) is 0 Å². The van der Waals surface area contributed by atoms with Crippen LogP contribution >= 0.6 is 11.6 Å². The van der Waals surface area contributed by atoms with E-state index < -0.39 is 10.0 Å². The summed E-state index contributed by atoms with van der Waals surface area (Å²) in [5.74, 6) is 1.11. The molecular weight excluding hydrogens is 564 g/mol. The largest absolute Gasteiger partial charge is 0.325 e. The van der Waals surface area contributed by atoms with Gasteiger partial charge in [0.25, 0.3) is 0 Å². The predicted octanol–water partition coefficient (Wildman–Crippen LogP) is 6.76. The third kappa shape index (κ3) is 4.69. The second-order valence-corrected chi connectivity index (χ2v) is 15.1. The molecule has 6 nitrogen and oxygen atoms in total. The van der Waals surface area contributed by atoms with E-state index in [0.29, 0.717) is 24.7 Å². The van der Waals surface area contributed by atoms with Gasteiger partial charge in [0, 0.05) is 37.1 Å². The third-order valence-electron chi connectivity index (χ3n) is 10.4. The average Bonchev–Trinajstić information content (AvgIpc) is 3.59. The van der Waals surface area contributed by atoms with E-state index >= 15 is 0 Å². The molecule has 7 rings (SSSR count). The highest BCUT2D eigenvalue weighted by molar-refractivity contribution is 7.89. The normalized spacial score (nSPS) is 25.9. The molecule has 0 spiro atoms.